The summed E-state index contributed by atoms with van der Waals surface area (Å²) in [6.07, 6.45) is 3.94. The molecule has 3 aliphatic heterocycles. The summed E-state index contributed by atoms with van der Waals surface area (Å²) < 4.78 is 11.1. The summed E-state index contributed by atoms with van der Waals surface area (Å²) >= 11 is 1.88. The van der Waals surface area contributed by atoms with Crippen LogP contribution in [0, 0.1) is 20.8 Å². The van der Waals surface area contributed by atoms with Gasteiger partial charge in [0.2, 0.25) is 0 Å². The van der Waals surface area contributed by atoms with E-state index in [1.54, 1.807) is 7.11 Å². The summed E-state index contributed by atoms with van der Waals surface area (Å²) in [5, 5.41) is 3.72. The third kappa shape index (κ3) is 3.66. The predicted octanol–water partition coefficient (Wildman–Crippen LogP) is 5.76. The third-order valence-electron chi connectivity index (χ3n) is 7.62. The average Bonchev–Trinajstić information content (AvgIpc) is 2.80. The summed E-state index contributed by atoms with van der Waals surface area (Å²) in [7, 11) is 3.58. The first-order chi connectivity index (χ1) is 15.5. The van der Waals surface area contributed by atoms with E-state index in [-0.39, 0.29) is 1.43 Å². The predicted molar refractivity (Wildman–Crippen MR) is 135 cm³/mol. The Kier molecular flexibility index (Phi) is 6.03. The van der Waals surface area contributed by atoms with E-state index < -0.39 is 0 Å². The lowest BCUT2D eigenvalue weighted by Gasteiger charge is -2.51. The number of anilines is 3. The van der Waals surface area contributed by atoms with Crippen LogP contribution in [0.2, 0.25) is 0 Å². The number of hydrogen-bond acceptors (Lipinski definition) is 6. The van der Waals surface area contributed by atoms with Crippen molar-refractivity contribution in [1.82, 2.24) is 4.90 Å². The Hall–Kier alpha value is -1.89. The van der Waals surface area contributed by atoms with Crippen molar-refractivity contribution in [3.05, 3.63) is 34.9 Å². The van der Waals surface area contributed by atoms with E-state index in [1.165, 1.54) is 62.8 Å². The molecule has 0 unspecified atom stereocenters. The Labute approximate surface area is 197 Å². The molecule has 2 bridgehead atoms. The maximum atomic E-state index is 5.75. The Bertz CT molecular complexity index is 1020. The van der Waals surface area contributed by atoms with Gasteiger partial charge in [-0.25, -0.2) is 0 Å². The van der Waals surface area contributed by atoms with E-state index in [4.69, 9.17) is 9.47 Å². The summed E-state index contributed by atoms with van der Waals surface area (Å²) in [4.78, 5) is 7.91. The van der Waals surface area contributed by atoms with Crippen LogP contribution in [0.15, 0.2) is 28.0 Å². The molecule has 174 valence electrons. The summed E-state index contributed by atoms with van der Waals surface area (Å²) in [6, 6.07) is 8.23. The highest BCUT2D eigenvalue weighted by Crippen LogP contribution is 2.51. The molecule has 0 aromatic heterocycles. The first kappa shape index (κ1) is 21.9. The van der Waals surface area contributed by atoms with Crippen molar-refractivity contribution in [2.45, 2.75) is 61.9 Å². The number of rotatable bonds is 5. The Morgan fingerprint density at radius 1 is 1.06 bits per heavy atom. The van der Waals surface area contributed by atoms with Gasteiger partial charge in [0.25, 0.3) is 0 Å². The maximum absolute atomic E-state index is 5.75. The third-order valence-corrected chi connectivity index (χ3v) is 8.89. The highest BCUT2D eigenvalue weighted by molar-refractivity contribution is 7.99. The highest BCUT2D eigenvalue weighted by Gasteiger charge is 2.37. The van der Waals surface area contributed by atoms with Crippen LogP contribution < -0.4 is 15.0 Å². The molecule has 0 amide bonds. The number of nitrogens with one attached hydrogen (secondary N) is 1. The van der Waals surface area contributed by atoms with Crippen molar-refractivity contribution >= 4 is 28.8 Å². The fourth-order valence-corrected chi connectivity index (χ4v) is 6.97. The Morgan fingerprint density at radius 2 is 1.81 bits per heavy atom. The quantitative estimate of drug-likeness (QED) is 0.527. The van der Waals surface area contributed by atoms with Crippen LogP contribution in [0.1, 0.15) is 37.4 Å². The van der Waals surface area contributed by atoms with E-state index >= 15 is 0 Å². The van der Waals surface area contributed by atoms with Gasteiger partial charge >= 0.3 is 0 Å². The fraction of sp³-hybridized carbons (Fsp3) is 0.538. The number of piperidine rings is 1. The van der Waals surface area contributed by atoms with Crippen molar-refractivity contribution in [3.8, 4) is 5.75 Å². The van der Waals surface area contributed by atoms with Crippen molar-refractivity contribution < 1.29 is 10.9 Å². The number of nitrogens with zero attached hydrogens (tertiary/aromatic N) is 2. The number of fused-ring (bicyclic) bond motifs is 4. The molecule has 1 N–H and O–H groups in total. The van der Waals surface area contributed by atoms with E-state index in [0.717, 1.165) is 32.0 Å². The maximum Gasteiger partial charge on any atom is 0.126 e. The molecule has 0 saturated carbocycles. The van der Waals surface area contributed by atoms with Crippen LogP contribution in [-0.2, 0) is 4.74 Å². The number of hydrogen-bond donors (Lipinski definition) is 1. The second kappa shape index (κ2) is 8.81. The van der Waals surface area contributed by atoms with Gasteiger partial charge in [0.15, 0.2) is 0 Å². The van der Waals surface area contributed by atoms with Crippen LogP contribution >= 0.6 is 11.8 Å². The molecule has 5 rings (SSSR count). The SMILES string of the molecule is COCCN1[C@@H]2CCC[C@H]1CN(c1ccc3c(c1)Sc1c(C)c(OC)c(C)c(C)c1N3)C2.[HH]. The lowest BCUT2D eigenvalue weighted by molar-refractivity contribution is 0.0394. The van der Waals surface area contributed by atoms with Crippen molar-refractivity contribution in [3.63, 3.8) is 0 Å². The Morgan fingerprint density at radius 3 is 2.50 bits per heavy atom. The van der Waals surface area contributed by atoms with Crippen molar-refractivity contribution in [1.29, 1.82) is 0 Å². The zero-order valence-electron chi connectivity index (χ0n) is 20.0. The van der Waals surface area contributed by atoms with E-state index in [9.17, 15) is 0 Å². The number of piperazine rings is 1. The summed E-state index contributed by atoms with van der Waals surface area (Å²) in [5.74, 6) is 1.01. The zero-order valence-corrected chi connectivity index (χ0v) is 20.8. The minimum absolute atomic E-state index is 0. The van der Waals surface area contributed by atoms with Gasteiger partial charge in [-0.3, -0.25) is 4.90 Å². The molecule has 2 fully saturated rings. The molecule has 0 aliphatic carbocycles. The average molecular weight is 456 g/mol. The van der Waals surface area contributed by atoms with Crippen LogP contribution in [0.25, 0.3) is 0 Å². The number of methoxy groups -OCH3 is 2. The first-order valence-corrected chi connectivity index (χ1v) is 12.6. The first-order valence-electron chi connectivity index (χ1n) is 11.8. The van der Waals surface area contributed by atoms with Crippen LogP contribution in [-0.4, -0.2) is 57.4 Å². The molecule has 3 aliphatic rings. The molecule has 32 heavy (non-hydrogen) atoms. The summed E-state index contributed by atoms with van der Waals surface area (Å²) in [6.45, 7) is 10.6. The van der Waals surface area contributed by atoms with Crippen LogP contribution in [0.5, 0.6) is 5.75 Å². The molecule has 2 aromatic carbocycles. The molecule has 0 radical (unpaired) electrons. The van der Waals surface area contributed by atoms with Gasteiger partial charge < -0.3 is 19.7 Å². The molecule has 2 saturated heterocycles. The second-order valence-corrected chi connectivity index (χ2v) is 10.4. The molecule has 2 aromatic rings. The zero-order chi connectivity index (χ0) is 22.4. The molecular formula is C26H37N3O2S. The monoisotopic (exact) mass is 455 g/mol. The van der Waals surface area contributed by atoms with E-state index in [1.807, 2.05) is 18.9 Å². The second-order valence-electron chi connectivity index (χ2n) is 9.39. The minimum Gasteiger partial charge on any atom is -0.496 e. The molecule has 6 heteroatoms. The van der Waals surface area contributed by atoms with Gasteiger partial charge in [-0.05, 0) is 62.9 Å². The molecule has 5 nitrogen and oxygen atoms in total. The van der Waals surface area contributed by atoms with Gasteiger partial charge in [-0.2, -0.15) is 0 Å². The van der Waals surface area contributed by atoms with Crippen LogP contribution in [0.3, 0.4) is 0 Å². The van der Waals surface area contributed by atoms with E-state index in [2.05, 4.69) is 54.1 Å². The van der Waals surface area contributed by atoms with Gasteiger partial charge in [0.05, 0.1) is 25.1 Å². The molecular weight excluding hydrogens is 418 g/mol. The molecule has 3 heterocycles. The molecule has 0 spiro atoms. The largest absolute Gasteiger partial charge is 0.496 e. The lowest BCUT2D eigenvalue weighted by atomic mass is 9.91. The standard InChI is InChI=1S/C26H35N3O2S.H2/c1-16-17(2)25(31-5)18(3)26-24(16)27-22-10-9-19(13-23(22)32-26)28-14-20-7-6-8-21(15-28)29(20)11-12-30-4;/h9-10,13,20-21,27H,6-8,11-12,14-15H2,1-5H3;1H/t20-,21+;. The normalized spacial score (nSPS) is 22.2. The van der Waals surface area contributed by atoms with Crippen LogP contribution in [0.4, 0.5) is 17.1 Å². The number of benzene rings is 2. The van der Waals surface area contributed by atoms with Crippen molar-refractivity contribution in [2.24, 2.45) is 0 Å². The number of ether oxygens (including phenoxy) is 2. The minimum atomic E-state index is 0. The smallest absolute Gasteiger partial charge is 0.126 e. The molecule has 2 atom stereocenters. The van der Waals surface area contributed by atoms with Gasteiger partial charge in [-0.1, -0.05) is 18.2 Å². The topological polar surface area (TPSA) is 37.0 Å². The van der Waals surface area contributed by atoms with Gasteiger partial charge in [0, 0.05) is 61.3 Å². The Balaban J connectivity index is 0.00000259. The highest BCUT2D eigenvalue weighted by atomic mass is 32.2. The lowest BCUT2D eigenvalue weighted by Crippen LogP contribution is -2.61. The van der Waals surface area contributed by atoms with Crippen molar-refractivity contribution in [2.75, 3.05) is 50.7 Å². The van der Waals surface area contributed by atoms with Gasteiger partial charge in [0.1, 0.15) is 5.75 Å². The van der Waals surface area contributed by atoms with E-state index in [0.29, 0.717) is 12.1 Å². The fourth-order valence-electron chi connectivity index (χ4n) is 5.79. The summed E-state index contributed by atoms with van der Waals surface area (Å²) in [5.41, 5.74) is 7.49. The van der Waals surface area contributed by atoms with Gasteiger partial charge in [-0.15, -0.1) is 0 Å².